The molecule has 0 spiro atoms. The first kappa shape index (κ1) is 26.5. The van der Waals surface area contributed by atoms with Gasteiger partial charge in [0, 0.05) is 32.9 Å². The first-order valence-corrected chi connectivity index (χ1v) is 15.9. The molecule has 0 amide bonds. The Balaban J connectivity index is 1.24. The highest BCUT2D eigenvalue weighted by Gasteiger charge is 2.16. The number of aryl methyl sites for hydroxylation is 2. The largest absolute Gasteiger partial charge is 0.309 e. The van der Waals surface area contributed by atoms with Gasteiger partial charge < -0.3 is 9.13 Å². The van der Waals surface area contributed by atoms with Gasteiger partial charge in [0.05, 0.1) is 22.1 Å². The van der Waals surface area contributed by atoms with Crippen molar-refractivity contribution in [2.24, 2.45) is 0 Å². The lowest BCUT2D eigenvalue weighted by Gasteiger charge is -2.13. The summed E-state index contributed by atoms with van der Waals surface area (Å²) in [6.07, 6.45) is 0. The van der Waals surface area contributed by atoms with Gasteiger partial charge in [-0.2, -0.15) is 0 Å². The number of nitrogens with zero attached hydrogens (tertiary/aromatic N) is 2. The van der Waals surface area contributed by atoms with Gasteiger partial charge in [-0.25, -0.2) is 0 Å². The van der Waals surface area contributed by atoms with Crippen LogP contribution in [0.15, 0.2) is 158 Å². The summed E-state index contributed by atoms with van der Waals surface area (Å²) < 4.78 is 4.83. The molecule has 2 nitrogen and oxygen atoms in total. The molecule has 0 saturated carbocycles. The van der Waals surface area contributed by atoms with E-state index < -0.39 is 0 Å². The molecule has 0 aliphatic rings. The van der Waals surface area contributed by atoms with Crippen molar-refractivity contribution >= 4 is 43.6 Å². The smallest absolute Gasteiger partial charge is 0.0541 e. The fourth-order valence-electron chi connectivity index (χ4n) is 7.28. The Bertz CT molecular complexity index is 2430. The maximum absolute atomic E-state index is 2.41. The first-order chi connectivity index (χ1) is 22.6. The summed E-state index contributed by atoms with van der Waals surface area (Å²) in [5.41, 5.74) is 14.6. The number of aromatic nitrogens is 2. The quantitative estimate of drug-likeness (QED) is 0.194. The van der Waals surface area contributed by atoms with Gasteiger partial charge in [-0.3, -0.25) is 0 Å². The molecule has 0 N–H and O–H groups in total. The van der Waals surface area contributed by atoms with Crippen LogP contribution in [0.25, 0.3) is 77.2 Å². The lowest BCUT2D eigenvalue weighted by atomic mass is 10.0. The van der Waals surface area contributed by atoms with Crippen LogP contribution in [0.2, 0.25) is 0 Å². The molecule has 0 radical (unpaired) electrons. The Kier molecular flexibility index (Phi) is 5.97. The monoisotopic (exact) mass is 588 g/mol. The van der Waals surface area contributed by atoms with Crippen LogP contribution in [-0.4, -0.2) is 9.13 Å². The topological polar surface area (TPSA) is 9.86 Å². The van der Waals surface area contributed by atoms with E-state index in [2.05, 4.69) is 181 Å². The van der Waals surface area contributed by atoms with E-state index in [9.17, 15) is 0 Å². The average Bonchev–Trinajstić information content (AvgIpc) is 3.60. The molecule has 2 aromatic heterocycles. The maximum Gasteiger partial charge on any atom is 0.0541 e. The zero-order valence-corrected chi connectivity index (χ0v) is 25.9. The second-order valence-corrected chi connectivity index (χ2v) is 12.4. The molecule has 0 aliphatic carbocycles. The standard InChI is InChI=1S/C44H32N2/c1-29-10-7-12-31(24-29)33-20-22-43-39(26-33)37-16-3-5-18-41(37)45(43)35-14-9-15-36(28-35)46-42-19-6-4-17-38(42)40-27-34(21-23-44(40)46)32-13-8-11-30(2)25-32/h3-28H,1-2H3. The predicted molar refractivity (Wildman–Crippen MR) is 195 cm³/mol. The van der Waals surface area contributed by atoms with E-state index in [-0.39, 0.29) is 0 Å². The third-order valence-electron chi connectivity index (χ3n) is 9.39. The number of hydrogen-bond acceptors (Lipinski definition) is 0. The molecule has 0 aliphatic heterocycles. The van der Waals surface area contributed by atoms with Crippen LogP contribution < -0.4 is 0 Å². The summed E-state index contributed by atoms with van der Waals surface area (Å²) in [6.45, 7) is 4.31. The van der Waals surface area contributed by atoms with Crippen molar-refractivity contribution in [1.82, 2.24) is 9.13 Å². The lowest BCUT2D eigenvalue weighted by Crippen LogP contribution is -1.98. The number of benzene rings is 7. The van der Waals surface area contributed by atoms with E-state index in [1.54, 1.807) is 0 Å². The molecular weight excluding hydrogens is 556 g/mol. The fraction of sp³-hybridized carbons (Fsp3) is 0.0455. The zero-order chi connectivity index (χ0) is 30.8. The third kappa shape index (κ3) is 4.18. The summed E-state index contributed by atoms with van der Waals surface area (Å²) in [7, 11) is 0. The minimum atomic E-state index is 1.15. The van der Waals surface area contributed by atoms with E-state index in [4.69, 9.17) is 0 Å². The SMILES string of the molecule is Cc1cccc(-c2ccc3c(c2)c2ccccc2n3-c2cccc(-n3c4ccccc4c4cc(-c5cccc(C)c5)ccc43)c2)c1. The van der Waals surface area contributed by atoms with Gasteiger partial charge in [0.2, 0.25) is 0 Å². The minimum absolute atomic E-state index is 1.15. The lowest BCUT2D eigenvalue weighted by molar-refractivity contribution is 1.13. The van der Waals surface area contributed by atoms with Crippen LogP contribution >= 0.6 is 0 Å². The normalized spacial score (nSPS) is 11.7. The van der Waals surface area contributed by atoms with Crippen LogP contribution in [0.5, 0.6) is 0 Å². The van der Waals surface area contributed by atoms with Crippen LogP contribution in [0.1, 0.15) is 11.1 Å². The minimum Gasteiger partial charge on any atom is -0.309 e. The Morgan fingerprint density at radius 1 is 0.304 bits per heavy atom. The summed E-state index contributed by atoms with van der Waals surface area (Å²) in [5, 5.41) is 5.05. The molecule has 2 heterocycles. The van der Waals surface area contributed by atoms with Crippen molar-refractivity contribution < 1.29 is 0 Å². The molecule has 0 saturated heterocycles. The molecule has 0 fully saturated rings. The van der Waals surface area contributed by atoms with Crippen molar-refractivity contribution in [3.8, 4) is 33.6 Å². The Hall–Kier alpha value is -5.86. The van der Waals surface area contributed by atoms with Crippen molar-refractivity contribution in [2.45, 2.75) is 13.8 Å². The number of hydrogen-bond donors (Lipinski definition) is 0. The van der Waals surface area contributed by atoms with Gasteiger partial charge >= 0.3 is 0 Å². The van der Waals surface area contributed by atoms with Crippen LogP contribution in [0, 0.1) is 13.8 Å². The molecule has 0 bridgehead atoms. The van der Waals surface area contributed by atoms with Crippen LogP contribution in [0.3, 0.4) is 0 Å². The van der Waals surface area contributed by atoms with Gasteiger partial charge in [0.1, 0.15) is 0 Å². The molecule has 9 rings (SSSR count). The number of para-hydroxylation sites is 2. The van der Waals surface area contributed by atoms with Gasteiger partial charge in [0.25, 0.3) is 0 Å². The van der Waals surface area contributed by atoms with E-state index >= 15 is 0 Å². The van der Waals surface area contributed by atoms with E-state index in [1.165, 1.54) is 77.0 Å². The highest BCUT2D eigenvalue weighted by atomic mass is 15.0. The molecule has 2 heteroatoms. The first-order valence-electron chi connectivity index (χ1n) is 15.9. The fourth-order valence-corrected chi connectivity index (χ4v) is 7.28. The van der Waals surface area contributed by atoms with Gasteiger partial charge in [-0.15, -0.1) is 0 Å². The summed E-state index contributed by atoms with van der Waals surface area (Å²) >= 11 is 0. The van der Waals surface area contributed by atoms with E-state index in [0.29, 0.717) is 0 Å². The molecule has 9 aromatic rings. The average molecular weight is 589 g/mol. The van der Waals surface area contributed by atoms with Crippen molar-refractivity contribution in [1.29, 1.82) is 0 Å². The van der Waals surface area contributed by atoms with Crippen molar-refractivity contribution in [3.63, 3.8) is 0 Å². The second kappa shape index (κ2) is 10.4. The Labute approximate surface area is 268 Å². The maximum atomic E-state index is 2.41. The van der Waals surface area contributed by atoms with Gasteiger partial charge in [-0.05, 0) is 90.7 Å². The molecule has 218 valence electrons. The van der Waals surface area contributed by atoms with Crippen LogP contribution in [-0.2, 0) is 0 Å². The summed E-state index contributed by atoms with van der Waals surface area (Å²) in [4.78, 5) is 0. The zero-order valence-electron chi connectivity index (χ0n) is 25.9. The number of fused-ring (bicyclic) bond motifs is 6. The molecular formula is C44H32N2. The van der Waals surface area contributed by atoms with Crippen molar-refractivity contribution in [2.75, 3.05) is 0 Å². The molecule has 0 atom stereocenters. The molecule has 7 aromatic carbocycles. The van der Waals surface area contributed by atoms with Gasteiger partial charge in [-0.1, -0.05) is 114 Å². The van der Waals surface area contributed by atoms with E-state index in [0.717, 1.165) is 11.4 Å². The molecule has 0 unspecified atom stereocenters. The van der Waals surface area contributed by atoms with Gasteiger partial charge in [0.15, 0.2) is 0 Å². The second-order valence-electron chi connectivity index (χ2n) is 12.4. The third-order valence-corrected chi connectivity index (χ3v) is 9.39. The summed E-state index contributed by atoms with van der Waals surface area (Å²) in [6, 6.07) is 57.8. The van der Waals surface area contributed by atoms with Crippen molar-refractivity contribution in [3.05, 3.63) is 169 Å². The van der Waals surface area contributed by atoms with Crippen LogP contribution in [0.4, 0.5) is 0 Å². The predicted octanol–water partition coefficient (Wildman–Crippen LogP) is 11.8. The Morgan fingerprint density at radius 3 is 1.20 bits per heavy atom. The number of rotatable bonds is 4. The Morgan fingerprint density at radius 2 is 0.717 bits per heavy atom. The highest BCUT2D eigenvalue weighted by molar-refractivity contribution is 6.12. The summed E-state index contributed by atoms with van der Waals surface area (Å²) in [5.74, 6) is 0. The molecule has 46 heavy (non-hydrogen) atoms. The highest BCUT2D eigenvalue weighted by Crippen LogP contribution is 2.38. The van der Waals surface area contributed by atoms with E-state index in [1.807, 2.05) is 0 Å².